The topological polar surface area (TPSA) is 58.1 Å². The number of hydrogen-bond donors (Lipinski definition) is 1. The molecule has 6 heteroatoms. The summed E-state index contributed by atoms with van der Waals surface area (Å²) in [7, 11) is 0. The van der Waals surface area contributed by atoms with Gasteiger partial charge >= 0.3 is 0 Å². The summed E-state index contributed by atoms with van der Waals surface area (Å²) in [6.07, 6.45) is 6.47. The van der Waals surface area contributed by atoms with E-state index in [0.717, 1.165) is 39.7 Å². The van der Waals surface area contributed by atoms with Crippen LogP contribution in [-0.2, 0) is 0 Å². The number of hydrogen-bond acceptors (Lipinski definition) is 5. The normalized spacial score (nSPS) is 15.0. The Bertz CT molecular complexity index is 914. The van der Waals surface area contributed by atoms with Gasteiger partial charge in [-0.2, -0.15) is 0 Å². The average molecular weight is 366 g/mol. The second kappa shape index (κ2) is 7.41. The first-order valence-electron chi connectivity index (χ1n) is 9.09. The first-order chi connectivity index (χ1) is 12.7. The van der Waals surface area contributed by atoms with Crippen molar-refractivity contribution in [3.8, 4) is 0 Å². The van der Waals surface area contributed by atoms with Crippen LogP contribution in [0.25, 0.3) is 10.2 Å². The number of carbonyl (C=O) groups is 1. The van der Waals surface area contributed by atoms with Gasteiger partial charge in [0.25, 0.3) is 5.91 Å². The third kappa shape index (κ3) is 3.29. The summed E-state index contributed by atoms with van der Waals surface area (Å²) in [6.45, 7) is 3.96. The van der Waals surface area contributed by atoms with Crippen molar-refractivity contribution in [3.05, 3.63) is 47.1 Å². The summed E-state index contributed by atoms with van der Waals surface area (Å²) in [6, 6.07) is 9.56. The Kier molecular flexibility index (Phi) is 4.84. The summed E-state index contributed by atoms with van der Waals surface area (Å²) in [5.41, 5.74) is 1.50. The Balaban J connectivity index is 1.76. The lowest BCUT2D eigenvalue weighted by Crippen LogP contribution is -2.25. The summed E-state index contributed by atoms with van der Waals surface area (Å²) >= 11 is 1.56. The molecule has 26 heavy (non-hydrogen) atoms. The number of carbonyl (C=O) groups excluding carboxylic acids is 1. The second-order valence-corrected chi connectivity index (χ2v) is 7.84. The summed E-state index contributed by atoms with van der Waals surface area (Å²) in [5.74, 6) is 0.810. The number of nitrogens with zero attached hydrogens (tertiary/aromatic N) is 3. The van der Waals surface area contributed by atoms with E-state index in [0.29, 0.717) is 5.56 Å². The van der Waals surface area contributed by atoms with Crippen molar-refractivity contribution in [1.82, 2.24) is 9.97 Å². The second-order valence-electron chi connectivity index (χ2n) is 6.63. The highest BCUT2D eigenvalue weighted by molar-refractivity contribution is 7.19. The van der Waals surface area contributed by atoms with E-state index in [1.165, 1.54) is 25.7 Å². The number of benzene rings is 1. The van der Waals surface area contributed by atoms with Crippen molar-refractivity contribution in [2.45, 2.75) is 32.6 Å². The van der Waals surface area contributed by atoms with Crippen LogP contribution < -0.4 is 10.2 Å². The fourth-order valence-electron chi connectivity index (χ4n) is 3.54. The molecule has 0 saturated carbocycles. The van der Waals surface area contributed by atoms with E-state index in [2.05, 4.69) is 20.2 Å². The average Bonchev–Trinajstić information content (AvgIpc) is 2.82. The van der Waals surface area contributed by atoms with Crippen LogP contribution >= 0.6 is 11.3 Å². The maximum absolute atomic E-state index is 13.0. The molecule has 1 aliphatic heterocycles. The molecule has 4 rings (SSSR count). The lowest BCUT2D eigenvalue weighted by Gasteiger charge is -2.22. The highest BCUT2D eigenvalue weighted by Crippen LogP contribution is 2.36. The molecule has 5 nitrogen and oxygen atoms in total. The molecular weight excluding hydrogens is 344 g/mol. The number of aromatic nitrogens is 2. The van der Waals surface area contributed by atoms with Crippen LogP contribution in [0.5, 0.6) is 0 Å². The fourth-order valence-corrected chi connectivity index (χ4v) is 4.52. The van der Waals surface area contributed by atoms with Gasteiger partial charge in [0.1, 0.15) is 17.0 Å². The zero-order valence-electron chi connectivity index (χ0n) is 14.9. The van der Waals surface area contributed by atoms with Crippen molar-refractivity contribution >= 4 is 39.0 Å². The summed E-state index contributed by atoms with van der Waals surface area (Å²) in [4.78, 5) is 26.2. The van der Waals surface area contributed by atoms with E-state index in [-0.39, 0.29) is 5.91 Å². The molecule has 3 heterocycles. The number of aryl methyl sites for hydroxylation is 1. The highest BCUT2D eigenvalue weighted by Gasteiger charge is 2.24. The van der Waals surface area contributed by atoms with E-state index >= 15 is 0 Å². The molecule has 0 radical (unpaired) electrons. The number of nitrogens with one attached hydrogen (secondary N) is 1. The van der Waals surface area contributed by atoms with Crippen LogP contribution in [0.1, 0.15) is 40.9 Å². The van der Waals surface area contributed by atoms with Crippen molar-refractivity contribution in [2.75, 3.05) is 23.3 Å². The van der Waals surface area contributed by atoms with Crippen molar-refractivity contribution in [2.24, 2.45) is 0 Å². The van der Waals surface area contributed by atoms with E-state index in [1.807, 2.05) is 37.3 Å². The summed E-state index contributed by atoms with van der Waals surface area (Å²) in [5, 5.41) is 3.91. The van der Waals surface area contributed by atoms with Crippen LogP contribution in [0.4, 0.5) is 11.5 Å². The smallest absolute Gasteiger partial charge is 0.257 e. The first-order valence-corrected chi connectivity index (χ1v) is 9.91. The molecule has 0 atom stereocenters. The molecule has 1 amide bonds. The molecule has 0 spiro atoms. The first kappa shape index (κ1) is 17.0. The monoisotopic (exact) mass is 366 g/mol. The zero-order chi connectivity index (χ0) is 17.9. The van der Waals surface area contributed by atoms with Crippen LogP contribution in [-0.4, -0.2) is 29.0 Å². The molecular formula is C20H22N4OS. The third-order valence-electron chi connectivity index (χ3n) is 4.81. The van der Waals surface area contributed by atoms with Gasteiger partial charge in [0.2, 0.25) is 0 Å². The lowest BCUT2D eigenvalue weighted by atomic mass is 10.1. The Morgan fingerprint density at radius 1 is 1.08 bits per heavy atom. The molecule has 0 bridgehead atoms. The minimum absolute atomic E-state index is 0.0918. The number of fused-ring (bicyclic) bond motifs is 1. The van der Waals surface area contributed by atoms with Gasteiger partial charge in [0.15, 0.2) is 0 Å². The predicted molar refractivity (Wildman–Crippen MR) is 107 cm³/mol. The van der Waals surface area contributed by atoms with Crippen LogP contribution in [0, 0.1) is 6.92 Å². The maximum Gasteiger partial charge on any atom is 0.257 e. The van der Waals surface area contributed by atoms with Crippen molar-refractivity contribution in [1.29, 1.82) is 0 Å². The van der Waals surface area contributed by atoms with Gasteiger partial charge in [-0.25, -0.2) is 9.97 Å². The van der Waals surface area contributed by atoms with Gasteiger partial charge in [0, 0.05) is 23.7 Å². The number of para-hydroxylation sites is 1. The molecule has 2 aromatic heterocycles. The molecule has 1 aromatic carbocycles. The van der Waals surface area contributed by atoms with E-state index in [1.54, 1.807) is 17.7 Å². The number of amides is 1. The van der Waals surface area contributed by atoms with Crippen molar-refractivity contribution < 1.29 is 4.79 Å². The Morgan fingerprint density at radius 2 is 1.81 bits per heavy atom. The molecule has 0 aliphatic carbocycles. The zero-order valence-corrected chi connectivity index (χ0v) is 15.7. The molecule has 3 aromatic rings. The highest BCUT2D eigenvalue weighted by atomic mass is 32.1. The lowest BCUT2D eigenvalue weighted by molar-refractivity contribution is 0.102. The molecule has 1 aliphatic rings. The van der Waals surface area contributed by atoms with Gasteiger partial charge in [-0.1, -0.05) is 31.0 Å². The maximum atomic E-state index is 13.0. The Morgan fingerprint density at radius 3 is 2.54 bits per heavy atom. The largest absolute Gasteiger partial charge is 0.356 e. The van der Waals surface area contributed by atoms with Crippen LogP contribution in [0.3, 0.4) is 0 Å². The molecule has 1 N–H and O–H groups in total. The third-order valence-corrected chi connectivity index (χ3v) is 5.82. The van der Waals surface area contributed by atoms with Gasteiger partial charge in [0.05, 0.1) is 10.9 Å². The SMILES string of the molecule is Cc1sc2ncnc(N3CCCCCC3)c2c1C(=O)Nc1ccccc1. The molecule has 134 valence electrons. The number of anilines is 2. The van der Waals surface area contributed by atoms with Gasteiger partial charge in [-0.05, 0) is 31.9 Å². The number of thiophene rings is 1. The van der Waals surface area contributed by atoms with Gasteiger partial charge < -0.3 is 10.2 Å². The summed E-state index contributed by atoms with van der Waals surface area (Å²) < 4.78 is 0. The standard InChI is InChI=1S/C20H22N4OS/c1-14-16(19(25)23-15-9-5-4-6-10-15)17-18(21-13-22-20(17)26-14)24-11-7-2-3-8-12-24/h4-6,9-10,13H,2-3,7-8,11-12H2,1H3,(H,23,25). The van der Waals surface area contributed by atoms with Crippen molar-refractivity contribution in [3.63, 3.8) is 0 Å². The van der Waals surface area contributed by atoms with E-state index in [9.17, 15) is 4.79 Å². The minimum atomic E-state index is -0.0918. The minimum Gasteiger partial charge on any atom is -0.356 e. The fraction of sp³-hybridized carbons (Fsp3) is 0.350. The van der Waals surface area contributed by atoms with Gasteiger partial charge in [-0.3, -0.25) is 4.79 Å². The van der Waals surface area contributed by atoms with Crippen LogP contribution in [0.2, 0.25) is 0 Å². The molecule has 1 fully saturated rings. The Hall–Kier alpha value is -2.47. The van der Waals surface area contributed by atoms with E-state index < -0.39 is 0 Å². The Labute approximate surface area is 157 Å². The predicted octanol–water partition coefficient (Wildman–Crippen LogP) is 4.63. The van der Waals surface area contributed by atoms with E-state index in [4.69, 9.17) is 0 Å². The molecule has 1 saturated heterocycles. The molecule has 0 unspecified atom stereocenters. The van der Waals surface area contributed by atoms with Gasteiger partial charge in [-0.15, -0.1) is 11.3 Å². The number of rotatable bonds is 3. The quantitative estimate of drug-likeness (QED) is 0.734. The van der Waals surface area contributed by atoms with Crippen LogP contribution in [0.15, 0.2) is 36.7 Å².